The van der Waals surface area contributed by atoms with Crippen LogP contribution in [0.25, 0.3) is 0 Å². The minimum atomic E-state index is -0.591. The summed E-state index contributed by atoms with van der Waals surface area (Å²) in [6.45, 7) is 2.06. The van der Waals surface area contributed by atoms with Crippen molar-refractivity contribution < 1.29 is 4.43 Å². The van der Waals surface area contributed by atoms with E-state index in [1.165, 1.54) is 0 Å². The Kier molecular flexibility index (Phi) is 5.44. The predicted octanol–water partition coefficient (Wildman–Crippen LogP) is 1.29. The minimum absolute atomic E-state index is 0.390. The van der Waals surface area contributed by atoms with Gasteiger partial charge in [0, 0.05) is 0 Å². The predicted molar refractivity (Wildman–Crippen MR) is 35.6 cm³/mol. The molecule has 0 aromatic heterocycles. The highest BCUT2D eigenvalue weighted by Crippen LogP contribution is 2.01. The van der Waals surface area contributed by atoms with Crippen LogP contribution in [0, 0.1) is 0 Å². The summed E-state index contributed by atoms with van der Waals surface area (Å²) in [4.78, 5) is 0. The van der Waals surface area contributed by atoms with Crippen LogP contribution < -0.4 is 0 Å². The fourth-order valence-electron chi connectivity index (χ4n) is 0.207. The van der Waals surface area contributed by atoms with Gasteiger partial charge in [-0.2, -0.15) is 0 Å². The molecule has 0 rings (SSSR count). The highest BCUT2D eigenvalue weighted by molar-refractivity contribution is 6.45. The third-order valence-corrected chi connectivity index (χ3v) is 2.10. The first-order valence-corrected chi connectivity index (χ1v) is 4.62. The number of hydrogen-bond acceptors (Lipinski definition) is 1. The van der Waals surface area contributed by atoms with Gasteiger partial charge in [-0.1, -0.05) is 30.1 Å². The van der Waals surface area contributed by atoms with Crippen LogP contribution in [0.2, 0.25) is 6.04 Å². The van der Waals surface area contributed by atoms with E-state index in [2.05, 4.69) is 6.92 Å². The van der Waals surface area contributed by atoms with E-state index in [4.69, 9.17) is 27.6 Å². The highest BCUT2D eigenvalue weighted by atomic mass is 35.5. The SMILES string of the molecule is CC[SiH2]OC(Cl)Cl. The number of halogens is 2. The van der Waals surface area contributed by atoms with Gasteiger partial charge in [0.1, 0.15) is 0 Å². The first kappa shape index (κ1) is 7.76. The topological polar surface area (TPSA) is 9.23 Å². The van der Waals surface area contributed by atoms with Crippen LogP contribution in [-0.4, -0.2) is 14.8 Å². The second-order valence-corrected chi connectivity index (χ2v) is 3.89. The van der Waals surface area contributed by atoms with Gasteiger partial charge in [0.2, 0.25) is 0 Å². The molecule has 0 atom stereocenters. The molecule has 0 N–H and O–H groups in total. The Bertz CT molecular complexity index is 41.9. The summed E-state index contributed by atoms with van der Waals surface area (Å²) in [6.07, 6.45) is 0. The van der Waals surface area contributed by atoms with E-state index < -0.39 is 5.02 Å². The summed E-state index contributed by atoms with van der Waals surface area (Å²) >= 11 is 10.5. The third-order valence-electron chi connectivity index (χ3n) is 0.448. The van der Waals surface area contributed by atoms with Crippen molar-refractivity contribution in [3.8, 4) is 0 Å². The molecule has 0 aromatic carbocycles. The lowest BCUT2D eigenvalue weighted by Gasteiger charge is -1.98. The molecule has 7 heavy (non-hydrogen) atoms. The Morgan fingerprint density at radius 1 is 1.71 bits per heavy atom. The Hall–Kier alpha value is 0.757. The van der Waals surface area contributed by atoms with Gasteiger partial charge in [0.25, 0.3) is 0 Å². The average molecular weight is 159 g/mol. The van der Waals surface area contributed by atoms with Crippen LogP contribution in [0.1, 0.15) is 6.92 Å². The van der Waals surface area contributed by atoms with Crippen molar-refractivity contribution in [1.82, 2.24) is 0 Å². The Balaban J connectivity index is 2.68. The zero-order chi connectivity index (χ0) is 5.70. The normalized spacial score (nSPS) is 12.0. The lowest BCUT2D eigenvalue weighted by Crippen LogP contribution is -1.99. The maximum atomic E-state index is 5.23. The van der Waals surface area contributed by atoms with Crippen LogP contribution in [0.3, 0.4) is 0 Å². The van der Waals surface area contributed by atoms with Crippen molar-refractivity contribution in [3.63, 3.8) is 0 Å². The van der Waals surface area contributed by atoms with Crippen molar-refractivity contribution in [2.45, 2.75) is 18.0 Å². The first-order valence-electron chi connectivity index (χ1n) is 2.17. The van der Waals surface area contributed by atoms with Gasteiger partial charge in [-0.15, -0.1) is 0 Å². The van der Waals surface area contributed by atoms with Crippen LogP contribution in [0.15, 0.2) is 0 Å². The fourth-order valence-corrected chi connectivity index (χ4v) is 1.16. The van der Waals surface area contributed by atoms with Crippen LogP contribution in [-0.2, 0) is 4.43 Å². The van der Waals surface area contributed by atoms with Crippen LogP contribution in [0.4, 0.5) is 0 Å². The van der Waals surface area contributed by atoms with Crippen LogP contribution >= 0.6 is 23.2 Å². The fraction of sp³-hybridized carbons (Fsp3) is 1.00. The molecule has 0 spiro atoms. The molecule has 0 aliphatic heterocycles. The van der Waals surface area contributed by atoms with Crippen molar-refractivity contribution in [3.05, 3.63) is 0 Å². The van der Waals surface area contributed by atoms with Crippen LogP contribution in [0.5, 0.6) is 0 Å². The molecule has 0 fully saturated rings. The maximum Gasteiger partial charge on any atom is 0.197 e. The van der Waals surface area contributed by atoms with Crippen molar-refractivity contribution in [1.29, 1.82) is 0 Å². The molecular formula is C3H8Cl2OSi. The van der Waals surface area contributed by atoms with Gasteiger partial charge in [-0.25, -0.2) is 0 Å². The molecule has 4 heteroatoms. The maximum absolute atomic E-state index is 5.23. The van der Waals surface area contributed by atoms with Gasteiger partial charge in [-0.3, -0.25) is 0 Å². The summed E-state index contributed by atoms with van der Waals surface area (Å²) in [5, 5.41) is -0.591. The Labute approximate surface area is 55.9 Å². The van der Waals surface area contributed by atoms with Gasteiger partial charge >= 0.3 is 0 Å². The molecule has 0 unspecified atom stereocenters. The summed E-state index contributed by atoms with van der Waals surface area (Å²) in [7, 11) is -0.390. The van der Waals surface area contributed by atoms with E-state index >= 15 is 0 Å². The standard InChI is InChI=1S/C3H8Cl2OSi/c1-2-7-6-3(4)5/h3H,2,7H2,1H3. The van der Waals surface area contributed by atoms with E-state index in [1.54, 1.807) is 0 Å². The van der Waals surface area contributed by atoms with Crippen molar-refractivity contribution in [2.24, 2.45) is 0 Å². The van der Waals surface area contributed by atoms with Gasteiger partial charge in [0.05, 0.1) is 0 Å². The molecule has 0 heterocycles. The van der Waals surface area contributed by atoms with Crippen molar-refractivity contribution >= 4 is 33.0 Å². The van der Waals surface area contributed by atoms with E-state index in [-0.39, 0.29) is 9.76 Å². The summed E-state index contributed by atoms with van der Waals surface area (Å²) in [5.41, 5.74) is 0. The molecule has 0 amide bonds. The van der Waals surface area contributed by atoms with E-state index in [9.17, 15) is 0 Å². The summed E-state index contributed by atoms with van der Waals surface area (Å²) in [5.74, 6) is 0. The summed E-state index contributed by atoms with van der Waals surface area (Å²) in [6, 6.07) is 1.09. The third kappa shape index (κ3) is 6.76. The number of alkyl halides is 2. The molecule has 44 valence electrons. The lowest BCUT2D eigenvalue weighted by atomic mass is 11.0. The molecule has 0 saturated carbocycles. The molecule has 0 saturated heterocycles. The largest absolute Gasteiger partial charge is 0.397 e. The second kappa shape index (κ2) is 4.90. The monoisotopic (exact) mass is 158 g/mol. The highest BCUT2D eigenvalue weighted by Gasteiger charge is 1.92. The Morgan fingerprint density at radius 2 is 2.29 bits per heavy atom. The van der Waals surface area contributed by atoms with E-state index in [0.29, 0.717) is 0 Å². The smallest absolute Gasteiger partial charge is 0.197 e. The molecule has 0 aliphatic carbocycles. The summed E-state index contributed by atoms with van der Waals surface area (Å²) < 4.78 is 4.86. The quantitative estimate of drug-likeness (QED) is 0.445. The molecule has 0 aromatic rings. The zero-order valence-electron chi connectivity index (χ0n) is 4.16. The molecule has 0 bridgehead atoms. The van der Waals surface area contributed by atoms with Gasteiger partial charge in [0.15, 0.2) is 14.8 Å². The Morgan fingerprint density at radius 3 is 2.43 bits per heavy atom. The molecule has 1 nitrogen and oxygen atoms in total. The van der Waals surface area contributed by atoms with Gasteiger partial charge < -0.3 is 4.43 Å². The molecule has 0 aliphatic rings. The van der Waals surface area contributed by atoms with E-state index in [0.717, 1.165) is 6.04 Å². The number of rotatable bonds is 3. The van der Waals surface area contributed by atoms with E-state index in [1.807, 2.05) is 0 Å². The van der Waals surface area contributed by atoms with Gasteiger partial charge in [-0.05, 0) is 6.04 Å². The van der Waals surface area contributed by atoms with Crippen molar-refractivity contribution in [2.75, 3.05) is 0 Å². The molecule has 0 radical (unpaired) electrons. The zero-order valence-corrected chi connectivity index (χ0v) is 7.08. The lowest BCUT2D eigenvalue weighted by molar-refractivity contribution is 0.376. The number of hydrogen-bond donors (Lipinski definition) is 0. The first-order chi connectivity index (χ1) is 3.27. The molecular weight excluding hydrogens is 151 g/mol. The average Bonchev–Trinajstić information content (AvgIpc) is 1.61. The second-order valence-electron chi connectivity index (χ2n) is 1.13. The minimum Gasteiger partial charge on any atom is -0.397 e.